The van der Waals surface area contributed by atoms with Gasteiger partial charge in [0.1, 0.15) is 5.58 Å². The maximum Gasteiger partial charge on any atom is 0.342 e. The first-order valence-electron chi connectivity index (χ1n) is 8.66. The van der Waals surface area contributed by atoms with Crippen LogP contribution in [0.25, 0.3) is 11.0 Å². The smallest absolute Gasteiger partial charge is 0.342 e. The number of para-hydroxylation sites is 1. The van der Waals surface area contributed by atoms with Gasteiger partial charge in [-0.05, 0) is 24.6 Å². The topological polar surface area (TPSA) is 114 Å². The summed E-state index contributed by atoms with van der Waals surface area (Å²) < 4.78 is 5.57. The van der Waals surface area contributed by atoms with E-state index in [-0.39, 0.29) is 5.69 Å². The summed E-state index contributed by atoms with van der Waals surface area (Å²) in [7, 11) is 0. The van der Waals surface area contributed by atoms with Crippen molar-refractivity contribution in [3.05, 3.63) is 91.4 Å². The predicted molar refractivity (Wildman–Crippen MR) is 103 cm³/mol. The number of hydrogen-bond donors (Lipinski definition) is 2. The number of nitrogens with zero attached hydrogens (tertiary/aromatic N) is 2. The molecule has 0 fully saturated rings. The van der Waals surface area contributed by atoms with Crippen LogP contribution in [0.1, 0.15) is 28.3 Å². The van der Waals surface area contributed by atoms with Crippen molar-refractivity contribution < 1.29 is 9.34 Å². The van der Waals surface area contributed by atoms with Gasteiger partial charge in [-0.3, -0.25) is 15.2 Å². The van der Waals surface area contributed by atoms with Crippen LogP contribution in [0.4, 0.5) is 17.2 Å². The highest BCUT2D eigenvalue weighted by Crippen LogP contribution is 2.46. The summed E-state index contributed by atoms with van der Waals surface area (Å²) in [5.41, 5.74) is 3.52. The first-order valence-corrected chi connectivity index (χ1v) is 8.66. The number of fused-ring (bicyclic) bond motifs is 4. The third kappa shape index (κ3) is 2.24. The average molecular weight is 374 g/mol. The van der Waals surface area contributed by atoms with Gasteiger partial charge in [0.05, 0.1) is 16.2 Å². The predicted octanol–water partition coefficient (Wildman–Crippen LogP) is 3.97. The quantitative estimate of drug-likeness (QED) is 0.274. The minimum atomic E-state index is -0.452. The third-order valence-electron chi connectivity index (χ3n) is 5.10. The summed E-state index contributed by atoms with van der Waals surface area (Å²) in [6, 6.07) is 13.5. The molecule has 0 aliphatic carbocycles. The van der Waals surface area contributed by atoms with Crippen molar-refractivity contribution in [3.8, 4) is 0 Å². The Bertz CT molecular complexity index is 1300. The fourth-order valence-corrected chi connectivity index (χ4v) is 3.83. The van der Waals surface area contributed by atoms with Gasteiger partial charge in [-0.2, -0.15) is 5.10 Å². The number of non-ortho nitro benzene ring substituents is 1. The van der Waals surface area contributed by atoms with Crippen LogP contribution in [0.15, 0.2) is 57.7 Å². The van der Waals surface area contributed by atoms with E-state index in [0.29, 0.717) is 22.7 Å². The van der Waals surface area contributed by atoms with E-state index in [1.54, 1.807) is 24.3 Å². The number of rotatable bonds is 2. The molecular formula is C20H14N4O4. The van der Waals surface area contributed by atoms with Gasteiger partial charge in [0.25, 0.3) is 5.69 Å². The molecule has 0 radical (unpaired) electrons. The van der Waals surface area contributed by atoms with Gasteiger partial charge in [-0.15, -0.1) is 0 Å². The Morgan fingerprint density at radius 2 is 1.86 bits per heavy atom. The molecule has 1 aliphatic rings. The maximum atomic E-state index is 12.9. The van der Waals surface area contributed by atoms with Crippen molar-refractivity contribution in [2.75, 3.05) is 5.32 Å². The van der Waals surface area contributed by atoms with Crippen LogP contribution < -0.4 is 10.9 Å². The van der Waals surface area contributed by atoms with Gasteiger partial charge in [0.15, 0.2) is 5.82 Å². The lowest BCUT2D eigenvalue weighted by Crippen LogP contribution is -2.22. The van der Waals surface area contributed by atoms with E-state index in [1.807, 2.05) is 19.1 Å². The fraction of sp³-hybridized carbons (Fsp3) is 0.100. The number of aryl methyl sites for hydroxylation is 1. The monoisotopic (exact) mass is 374 g/mol. The zero-order valence-electron chi connectivity index (χ0n) is 14.7. The Hall–Kier alpha value is -3.94. The van der Waals surface area contributed by atoms with Crippen LogP contribution >= 0.6 is 0 Å². The average Bonchev–Trinajstić information content (AvgIpc) is 3.07. The lowest BCUT2D eigenvalue weighted by molar-refractivity contribution is -0.384. The molecule has 8 heteroatoms. The van der Waals surface area contributed by atoms with E-state index in [9.17, 15) is 14.9 Å². The molecule has 0 amide bonds. The Morgan fingerprint density at radius 1 is 1.11 bits per heavy atom. The fourth-order valence-electron chi connectivity index (χ4n) is 3.83. The largest absolute Gasteiger partial charge is 0.422 e. The first kappa shape index (κ1) is 16.2. The van der Waals surface area contributed by atoms with Gasteiger partial charge < -0.3 is 9.73 Å². The minimum Gasteiger partial charge on any atom is -0.422 e. The number of aromatic amines is 1. The van der Waals surface area contributed by atoms with Gasteiger partial charge in [0.2, 0.25) is 0 Å². The number of hydrogen-bond acceptors (Lipinski definition) is 6. The molecule has 28 heavy (non-hydrogen) atoms. The zero-order chi connectivity index (χ0) is 19.4. The second-order valence-corrected chi connectivity index (χ2v) is 6.69. The Morgan fingerprint density at radius 3 is 2.61 bits per heavy atom. The summed E-state index contributed by atoms with van der Waals surface area (Å²) in [5.74, 6) is 0.177. The number of nitro benzene ring substituents is 1. The molecule has 4 aromatic rings. The van der Waals surface area contributed by atoms with Crippen molar-refractivity contribution >= 4 is 28.2 Å². The Balaban J connectivity index is 1.82. The van der Waals surface area contributed by atoms with Crippen LogP contribution in [0.5, 0.6) is 0 Å². The van der Waals surface area contributed by atoms with Gasteiger partial charge in [0, 0.05) is 34.7 Å². The molecule has 1 aliphatic heterocycles. The van der Waals surface area contributed by atoms with E-state index < -0.39 is 16.5 Å². The van der Waals surface area contributed by atoms with Crippen LogP contribution in [0, 0.1) is 17.0 Å². The number of nitro groups is 1. The Labute approximate surface area is 158 Å². The van der Waals surface area contributed by atoms with Gasteiger partial charge in [-0.25, -0.2) is 4.79 Å². The highest BCUT2D eigenvalue weighted by Gasteiger charge is 2.35. The number of anilines is 2. The summed E-state index contributed by atoms with van der Waals surface area (Å²) >= 11 is 0. The molecular weight excluding hydrogens is 360 g/mol. The second kappa shape index (κ2) is 5.78. The highest BCUT2D eigenvalue weighted by atomic mass is 16.6. The molecule has 0 saturated carbocycles. The normalized spacial score (nSPS) is 15.0. The number of benzene rings is 2. The van der Waals surface area contributed by atoms with Crippen LogP contribution in [0.2, 0.25) is 0 Å². The molecule has 2 aromatic heterocycles. The molecule has 3 heterocycles. The standard InChI is InChI=1S/C20H14N4O4/c1-10-15-16(11-6-8-12(9-7-11)24(26)27)17-18(21-19(15)23-22-10)13-4-2-3-5-14(13)28-20(17)25/h2-9,16H,1H3,(H2,21,22,23). The van der Waals surface area contributed by atoms with Gasteiger partial charge >= 0.3 is 5.63 Å². The third-order valence-corrected chi connectivity index (χ3v) is 5.10. The number of aromatic nitrogens is 2. The van der Waals surface area contributed by atoms with E-state index in [0.717, 1.165) is 22.2 Å². The highest BCUT2D eigenvalue weighted by molar-refractivity contribution is 5.95. The van der Waals surface area contributed by atoms with Crippen molar-refractivity contribution in [2.45, 2.75) is 12.8 Å². The molecule has 138 valence electrons. The molecule has 5 rings (SSSR count). The number of nitrogens with one attached hydrogen (secondary N) is 2. The van der Waals surface area contributed by atoms with E-state index in [1.165, 1.54) is 12.1 Å². The summed E-state index contributed by atoms with van der Waals surface area (Å²) in [4.78, 5) is 23.5. The van der Waals surface area contributed by atoms with Crippen LogP contribution in [0.3, 0.4) is 0 Å². The Kier molecular flexibility index (Phi) is 3.35. The molecule has 1 unspecified atom stereocenters. The van der Waals surface area contributed by atoms with Crippen molar-refractivity contribution in [1.82, 2.24) is 10.2 Å². The molecule has 2 aromatic carbocycles. The first-order chi connectivity index (χ1) is 13.5. The summed E-state index contributed by atoms with van der Waals surface area (Å²) in [6.45, 7) is 1.87. The molecule has 8 nitrogen and oxygen atoms in total. The van der Waals surface area contributed by atoms with Gasteiger partial charge in [-0.1, -0.05) is 24.3 Å². The summed E-state index contributed by atoms with van der Waals surface area (Å²) in [5, 5.41) is 22.3. The lowest BCUT2D eigenvalue weighted by Gasteiger charge is -2.26. The van der Waals surface area contributed by atoms with E-state index in [2.05, 4.69) is 15.5 Å². The maximum absolute atomic E-state index is 12.9. The summed E-state index contributed by atoms with van der Waals surface area (Å²) in [6.07, 6.45) is 0. The van der Waals surface area contributed by atoms with E-state index >= 15 is 0 Å². The molecule has 1 atom stereocenters. The molecule has 0 spiro atoms. The van der Waals surface area contributed by atoms with Crippen molar-refractivity contribution in [1.29, 1.82) is 0 Å². The lowest BCUT2D eigenvalue weighted by atomic mass is 9.82. The van der Waals surface area contributed by atoms with Crippen molar-refractivity contribution in [2.24, 2.45) is 0 Å². The van der Waals surface area contributed by atoms with Crippen LogP contribution in [-0.4, -0.2) is 15.1 Å². The van der Waals surface area contributed by atoms with E-state index in [4.69, 9.17) is 4.42 Å². The minimum absolute atomic E-state index is 0.00686. The van der Waals surface area contributed by atoms with Crippen LogP contribution in [-0.2, 0) is 0 Å². The molecule has 2 N–H and O–H groups in total. The molecule has 0 bridgehead atoms. The SMILES string of the molecule is Cc1[nH]nc2c1C(c1ccc([N+](=O)[O-])cc1)c1c(c3ccccc3oc1=O)N2. The zero-order valence-corrected chi connectivity index (χ0v) is 14.7. The number of H-pyrrole nitrogens is 1. The molecule has 0 saturated heterocycles. The second-order valence-electron chi connectivity index (χ2n) is 6.69. The van der Waals surface area contributed by atoms with Crippen molar-refractivity contribution in [3.63, 3.8) is 0 Å².